The van der Waals surface area contributed by atoms with Gasteiger partial charge in [-0.15, -0.1) is 0 Å². The van der Waals surface area contributed by atoms with Crippen molar-refractivity contribution in [1.29, 1.82) is 0 Å². The van der Waals surface area contributed by atoms with E-state index in [1.807, 2.05) is 0 Å². The lowest BCUT2D eigenvalue weighted by Gasteiger charge is -2.09. The molecule has 0 saturated heterocycles. The molecule has 0 fully saturated rings. The third kappa shape index (κ3) is 4.06. The van der Waals surface area contributed by atoms with Gasteiger partial charge in [0.1, 0.15) is 18.2 Å². The van der Waals surface area contributed by atoms with E-state index in [0.717, 1.165) is 0 Å². The van der Waals surface area contributed by atoms with Gasteiger partial charge >= 0.3 is 6.01 Å². The number of hydrogen-bond acceptors (Lipinski definition) is 4. The Morgan fingerprint density at radius 3 is 2.36 bits per heavy atom. The topological polar surface area (TPSA) is 61.0 Å². The molecule has 3 aromatic rings. The van der Waals surface area contributed by atoms with E-state index >= 15 is 0 Å². The number of benzene rings is 2. The van der Waals surface area contributed by atoms with Gasteiger partial charge in [-0.1, -0.05) is 30.3 Å². The third-order valence-electron chi connectivity index (χ3n) is 3.52. The number of nitrogens with zero attached hydrogens (tertiary/aromatic N) is 2. The summed E-state index contributed by atoms with van der Waals surface area (Å²) in [5.41, 5.74) is 6.45. The highest BCUT2D eigenvalue weighted by Gasteiger charge is 2.15. The van der Waals surface area contributed by atoms with E-state index in [9.17, 15) is 13.2 Å². The van der Waals surface area contributed by atoms with Crippen molar-refractivity contribution >= 4 is 5.82 Å². The average Bonchev–Trinajstić information content (AvgIpc) is 2.60. The zero-order chi connectivity index (χ0) is 17.8. The van der Waals surface area contributed by atoms with Crippen LogP contribution in [-0.4, -0.2) is 9.97 Å². The second kappa shape index (κ2) is 7.21. The summed E-state index contributed by atoms with van der Waals surface area (Å²) in [5, 5.41) is 0. The predicted octanol–water partition coefficient (Wildman–Crippen LogP) is 3.65. The molecule has 3 rings (SSSR count). The lowest BCUT2D eigenvalue weighted by Crippen LogP contribution is -2.09. The molecule has 0 aliphatic heterocycles. The Balaban J connectivity index is 1.80. The molecule has 25 heavy (non-hydrogen) atoms. The summed E-state index contributed by atoms with van der Waals surface area (Å²) in [6.07, 6.45) is -0.0852. The highest BCUT2D eigenvalue weighted by Crippen LogP contribution is 2.20. The molecule has 1 heterocycles. The Hall–Kier alpha value is -3.09. The van der Waals surface area contributed by atoms with Crippen LogP contribution in [0, 0.1) is 17.5 Å². The quantitative estimate of drug-likeness (QED) is 0.767. The van der Waals surface area contributed by atoms with Crippen LogP contribution in [-0.2, 0) is 13.0 Å². The molecule has 2 N–H and O–H groups in total. The average molecular weight is 345 g/mol. The molecule has 1 aromatic heterocycles. The summed E-state index contributed by atoms with van der Waals surface area (Å²) in [6, 6.07) is 11.5. The van der Waals surface area contributed by atoms with Gasteiger partial charge in [0.05, 0.1) is 5.69 Å². The maximum absolute atomic E-state index is 14.1. The van der Waals surface area contributed by atoms with Crippen LogP contribution in [0.15, 0.2) is 48.5 Å². The normalized spacial score (nSPS) is 10.7. The van der Waals surface area contributed by atoms with Crippen LogP contribution in [0.2, 0.25) is 0 Å². The Labute approximate surface area is 142 Å². The number of rotatable bonds is 5. The second-order valence-corrected chi connectivity index (χ2v) is 5.34. The molecule has 7 heteroatoms. The van der Waals surface area contributed by atoms with Gasteiger partial charge in [-0.25, -0.2) is 13.2 Å². The molecule has 2 aromatic carbocycles. The van der Waals surface area contributed by atoms with Crippen molar-refractivity contribution in [2.75, 3.05) is 5.73 Å². The van der Waals surface area contributed by atoms with Gasteiger partial charge in [0.2, 0.25) is 0 Å². The molecule has 0 saturated carbocycles. The molecule has 0 amide bonds. The summed E-state index contributed by atoms with van der Waals surface area (Å²) < 4.78 is 46.2. The van der Waals surface area contributed by atoms with Crippen molar-refractivity contribution in [3.05, 3.63) is 82.8 Å². The number of nitrogen functional groups attached to an aromatic ring is 1. The number of aromatic nitrogens is 2. The molecule has 4 nitrogen and oxygen atoms in total. The molecule has 128 valence electrons. The Morgan fingerprint density at radius 1 is 0.920 bits per heavy atom. The van der Waals surface area contributed by atoms with Crippen LogP contribution in [0.25, 0.3) is 0 Å². The van der Waals surface area contributed by atoms with Gasteiger partial charge in [0.25, 0.3) is 0 Å². The summed E-state index contributed by atoms with van der Waals surface area (Å²) in [5.74, 6) is -2.01. The number of hydrogen-bond donors (Lipinski definition) is 1. The molecule has 0 aliphatic carbocycles. The van der Waals surface area contributed by atoms with E-state index in [2.05, 4.69) is 9.97 Å². The molecule has 0 unspecified atom stereocenters. The summed E-state index contributed by atoms with van der Waals surface area (Å²) in [7, 11) is 0. The maximum Gasteiger partial charge on any atom is 0.319 e. The van der Waals surface area contributed by atoms with Gasteiger partial charge in [-0.2, -0.15) is 9.97 Å². The first-order chi connectivity index (χ1) is 12.0. The Bertz CT molecular complexity index is 885. The van der Waals surface area contributed by atoms with Gasteiger partial charge < -0.3 is 10.5 Å². The number of anilines is 1. The minimum atomic E-state index is -0.808. The van der Waals surface area contributed by atoms with Crippen LogP contribution in [0.4, 0.5) is 19.0 Å². The summed E-state index contributed by atoms with van der Waals surface area (Å²) in [6.45, 7) is 0.0600. The van der Waals surface area contributed by atoms with Gasteiger partial charge in [0, 0.05) is 6.42 Å². The summed E-state index contributed by atoms with van der Waals surface area (Å²) in [4.78, 5) is 7.70. The number of ether oxygens (including phenoxy) is 1. The van der Waals surface area contributed by atoms with Gasteiger partial charge in [-0.3, -0.25) is 0 Å². The lowest BCUT2D eigenvalue weighted by atomic mass is 10.1. The monoisotopic (exact) mass is 345 g/mol. The fourth-order valence-corrected chi connectivity index (χ4v) is 2.22. The van der Waals surface area contributed by atoms with E-state index < -0.39 is 11.6 Å². The van der Waals surface area contributed by atoms with Crippen molar-refractivity contribution in [3.63, 3.8) is 0 Å². The smallest absolute Gasteiger partial charge is 0.319 e. The molecule has 0 atom stereocenters. The van der Waals surface area contributed by atoms with Crippen LogP contribution in [0.3, 0.4) is 0 Å². The number of halogens is 3. The van der Waals surface area contributed by atoms with E-state index in [0.29, 0.717) is 5.56 Å². The SMILES string of the molecule is Nc1nc(OCc2ccc(F)cc2)nc(Cc2ccccc2F)c1F. The maximum atomic E-state index is 14.1. The molecule has 0 aliphatic rings. The fourth-order valence-electron chi connectivity index (χ4n) is 2.22. The third-order valence-corrected chi connectivity index (χ3v) is 3.52. The van der Waals surface area contributed by atoms with Gasteiger partial charge in [-0.05, 0) is 29.3 Å². The van der Waals surface area contributed by atoms with E-state index in [-0.39, 0.29) is 41.9 Å². The molecular formula is C18H14F3N3O. The van der Waals surface area contributed by atoms with Crippen LogP contribution in [0.5, 0.6) is 6.01 Å². The van der Waals surface area contributed by atoms with Crippen LogP contribution < -0.4 is 10.5 Å². The highest BCUT2D eigenvalue weighted by molar-refractivity contribution is 5.36. The van der Waals surface area contributed by atoms with Crippen LogP contribution in [0.1, 0.15) is 16.8 Å². The Kier molecular flexibility index (Phi) is 4.83. The first kappa shape index (κ1) is 16.8. The van der Waals surface area contributed by atoms with Crippen molar-refractivity contribution in [3.8, 4) is 6.01 Å². The van der Waals surface area contributed by atoms with Crippen molar-refractivity contribution in [2.45, 2.75) is 13.0 Å². The van der Waals surface area contributed by atoms with E-state index in [1.165, 1.54) is 24.3 Å². The largest absolute Gasteiger partial charge is 0.459 e. The molecule has 0 spiro atoms. The van der Waals surface area contributed by atoms with Crippen molar-refractivity contribution in [1.82, 2.24) is 9.97 Å². The minimum absolute atomic E-state index is 0.0600. The molecular weight excluding hydrogens is 331 g/mol. The zero-order valence-corrected chi connectivity index (χ0v) is 13.0. The zero-order valence-electron chi connectivity index (χ0n) is 13.0. The van der Waals surface area contributed by atoms with Crippen molar-refractivity contribution in [2.24, 2.45) is 0 Å². The molecule has 0 bridgehead atoms. The number of nitrogens with two attached hydrogens (primary N) is 1. The van der Waals surface area contributed by atoms with Gasteiger partial charge in [0.15, 0.2) is 11.6 Å². The lowest BCUT2D eigenvalue weighted by molar-refractivity contribution is 0.278. The standard InChI is InChI=1S/C18H14F3N3O/c19-13-7-5-11(6-8-13)10-25-18-23-15(16(21)17(22)24-18)9-12-3-1-2-4-14(12)20/h1-8H,9-10H2,(H2,22,23,24). The van der Waals surface area contributed by atoms with Crippen molar-refractivity contribution < 1.29 is 17.9 Å². The molecule has 0 radical (unpaired) electrons. The highest BCUT2D eigenvalue weighted by atomic mass is 19.1. The summed E-state index contributed by atoms with van der Waals surface area (Å²) >= 11 is 0. The second-order valence-electron chi connectivity index (χ2n) is 5.34. The first-order valence-electron chi connectivity index (χ1n) is 7.45. The van der Waals surface area contributed by atoms with E-state index in [4.69, 9.17) is 10.5 Å². The first-order valence-corrected chi connectivity index (χ1v) is 7.45. The minimum Gasteiger partial charge on any atom is -0.459 e. The van der Waals surface area contributed by atoms with E-state index in [1.54, 1.807) is 24.3 Å². The fraction of sp³-hybridized carbons (Fsp3) is 0.111. The van der Waals surface area contributed by atoms with Crippen LogP contribution >= 0.6 is 0 Å². The Morgan fingerprint density at radius 2 is 1.64 bits per heavy atom. The predicted molar refractivity (Wildman–Crippen MR) is 86.3 cm³/mol.